The van der Waals surface area contributed by atoms with Crippen LogP contribution in [0.25, 0.3) is 22.0 Å². The molecule has 0 radical (unpaired) electrons. The molecule has 0 spiro atoms. The number of nitrogens with one attached hydrogen (secondary N) is 1. The molecule has 1 aliphatic rings. The minimum absolute atomic E-state index is 1.00. The Morgan fingerprint density at radius 2 is 1.95 bits per heavy atom. The summed E-state index contributed by atoms with van der Waals surface area (Å²) >= 11 is 0. The van der Waals surface area contributed by atoms with Gasteiger partial charge in [0.15, 0.2) is 0 Å². The van der Waals surface area contributed by atoms with Crippen LogP contribution in [0.4, 0.5) is 0 Å². The van der Waals surface area contributed by atoms with E-state index < -0.39 is 0 Å². The van der Waals surface area contributed by atoms with Crippen LogP contribution in [0, 0.1) is 13.8 Å². The molecule has 1 aliphatic carbocycles. The fraction of sp³-hybridized carbons (Fsp3) is 0.222. The number of methoxy groups -OCH3 is 1. The van der Waals surface area contributed by atoms with Crippen molar-refractivity contribution in [2.45, 2.75) is 20.3 Å². The zero-order chi connectivity index (χ0) is 13.9. The van der Waals surface area contributed by atoms with Crippen molar-refractivity contribution < 1.29 is 4.74 Å². The Labute approximate surface area is 118 Å². The number of hydrogen-bond donors (Lipinski definition) is 1. The van der Waals surface area contributed by atoms with Gasteiger partial charge in [0.25, 0.3) is 0 Å². The number of aromatic amines is 1. The third kappa shape index (κ3) is 1.34. The highest BCUT2D eigenvalue weighted by Gasteiger charge is 2.25. The van der Waals surface area contributed by atoms with Gasteiger partial charge in [0.1, 0.15) is 5.75 Å². The zero-order valence-corrected chi connectivity index (χ0v) is 12.0. The lowest BCUT2D eigenvalue weighted by Crippen LogP contribution is -1.92. The molecule has 0 amide bonds. The maximum atomic E-state index is 5.59. The summed E-state index contributed by atoms with van der Waals surface area (Å²) in [5.74, 6) is 1.00. The van der Waals surface area contributed by atoms with Gasteiger partial charge >= 0.3 is 0 Å². The monoisotopic (exact) mass is 263 g/mol. The first kappa shape index (κ1) is 11.6. The number of aryl methyl sites for hydroxylation is 2. The summed E-state index contributed by atoms with van der Waals surface area (Å²) in [7, 11) is 1.75. The Balaban J connectivity index is 2.13. The average molecular weight is 263 g/mol. The molecule has 0 saturated carbocycles. The van der Waals surface area contributed by atoms with E-state index in [-0.39, 0.29) is 0 Å². The predicted molar refractivity (Wildman–Crippen MR) is 82.6 cm³/mol. The minimum Gasteiger partial charge on any atom is -0.496 e. The summed E-state index contributed by atoms with van der Waals surface area (Å²) < 4.78 is 5.59. The normalized spacial score (nSPS) is 12.6. The SMILES string of the molecule is COc1c(C)cc2[nH]c3c(c2c1C)-c1ccccc1C3. The fourth-order valence-electron chi connectivity index (χ4n) is 3.61. The van der Waals surface area contributed by atoms with Crippen LogP contribution in [0.15, 0.2) is 30.3 Å². The van der Waals surface area contributed by atoms with E-state index in [0.29, 0.717) is 0 Å². The van der Waals surface area contributed by atoms with E-state index in [1.807, 2.05) is 0 Å². The van der Waals surface area contributed by atoms with Crippen molar-refractivity contribution >= 4 is 10.9 Å². The van der Waals surface area contributed by atoms with Crippen molar-refractivity contribution in [2.75, 3.05) is 7.11 Å². The number of fused-ring (bicyclic) bond motifs is 5. The van der Waals surface area contributed by atoms with E-state index in [0.717, 1.165) is 12.2 Å². The molecule has 2 aromatic carbocycles. The molecule has 100 valence electrons. The third-order valence-corrected chi connectivity index (χ3v) is 4.40. The molecule has 2 nitrogen and oxygen atoms in total. The van der Waals surface area contributed by atoms with Gasteiger partial charge in [-0.05, 0) is 36.6 Å². The predicted octanol–water partition coefficient (Wildman–Crippen LogP) is 4.36. The summed E-state index contributed by atoms with van der Waals surface area (Å²) in [6.45, 7) is 4.26. The maximum Gasteiger partial charge on any atom is 0.125 e. The van der Waals surface area contributed by atoms with Crippen molar-refractivity contribution in [2.24, 2.45) is 0 Å². The Kier molecular flexibility index (Phi) is 2.25. The maximum absolute atomic E-state index is 5.59. The Morgan fingerprint density at radius 3 is 2.75 bits per heavy atom. The number of aromatic nitrogens is 1. The third-order valence-electron chi connectivity index (χ3n) is 4.40. The second kappa shape index (κ2) is 3.89. The van der Waals surface area contributed by atoms with Crippen LogP contribution in [0.1, 0.15) is 22.4 Å². The van der Waals surface area contributed by atoms with Gasteiger partial charge in [0, 0.05) is 34.1 Å². The number of benzene rings is 2. The molecule has 2 heteroatoms. The number of hydrogen-bond acceptors (Lipinski definition) is 1. The molecule has 0 atom stereocenters. The van der Waals surface area contributed by atoms with Crippen LogP contribution in [-0.4, -0.2) is 12.1 Å². The Hall–Kier alpha value is -2.22. The molecule has 0 bridgehead atoms. The second-order valence-electron chi connectivity index (χ2n) is 5.59. The first-order valence-corrected chi connectivity index (χ1v) is 6.97. The van der Waals surface area contributed by atoms with Crippen molar-refractivity contribution in [3.8, 4) is 16.9 Å². The summed E-state index contributed by atoms with van der Waals surface area (Å²) in [5.41, 5.74) is 9.11. The summed E-state index contributed by atoms with van der Waals surface area (Å²) in [6.07, 6.45) is 1.00. The molecular formula is C18H17NO. The van der Waals surface area contributed by atoms with Gasteiger partial charge in [0.05, 0.1) is 7.11 Å². The lowest BCUT2D eigenvalue weighted by Gasteiger charge is -2.11. The number of ether oxygens (including phenoxy) is 1. The highest BCUT2D eigenvalue weighted by atomic mass is 16.5. The highest BCUT2D eigenvalue weighted by molar-refractivity contribution is 6.03. The van der Waals surface area contributed by atoms with Crippen LogP contribution < -0.4 is 4.74 Å². The molecule has 0 fully saturated rings. The average Bonchev–Trinajstić information content (AvgIpc) is 2.94. The van der Waals surface area contributed by atoms with Crippen LogP contribution in [0.3, 0.4) is 0 Å². The zero-order valence-electron chi connectivity index (χ0n) is 12.0. The lowest BCUT2D eigenvalue weighted by atomic mass is 9.99. The highest BCUT2D eigenvalue weighted by Crippen LogP contribution is 2.44. The minimum atomic E-state index is 1.00. The van der Waals surface area contributed by atoms with Gasteiger partial charge in [-0.25, -0.2) is 0 Å². The van der Waals surface area contributed by atoms with E-state index in [1.54, 1.807) is 7.11 Å². The van der Waals surface area contributed by atoms with E-state index in [4.69, 9.17) is 4.74 Å². The van der Waals surface area contributed by atoms with Crippen LogP contribution >= 0.6 is 0 Å². The van der Waals surface area contributed by atoms with E-state index in [9.17, 15) is 0 Å². The van der Waals surface area contributed by atoms with Gasteiger partial charge in [-0.1, -0.05) is 24.3 Å². The van der Waals surface area contributed by atoms with Crippen molar-refractivity contribution in [1.29, 1.82) is 0 Å². The first-order chi connectivity index (χ1) is 9.70. The van der Waals surface area contributed by atoms with Gasteiger partial charge in [-0.3, -0.25) is 0 Å². The Morgan fingerprint density at radius 1 is 1.15 bits per heavy atom. The van der Waals surface area contributed by atoms with Gasteiger partial charge in [-0.15, -0.1) is 0 Å². The van der Waals surface area contributed by atoms with Crippen molar-refractivity contribution in [3.63, 3.8) is 0 Å². The lowest BCUT2D eigenvalue weighted by molar-refractivity contribution is 0.409. The van der Waals surface area contributed by atoms with Gasteiger partial charge in [0.2, 0.25) is 0 Å². The molecule has 1 N–H and O–H groups in total. The topological polar surface area (TPSA) is 25.0 Å². The number of H-pyrrole nitrogens is 1. The van der Waals surface area contributed by atoms with E-state index in [2.05, 4.69) is 49.2 Å². The molecule has 0 unspecified atom stereocenters. The van der Waals surface area contributed by atoms with Crippen LogP contribution in [-0.2, 0) is 6.42 Å². The van der Waals surface area contributed by atoms with Crippen LogP contribution in [0.2, 0.25) is 0 Å². The quantitative estimate of drug-likeness (QED) is 0.542. The molecule has 0 saturated heterocycles. The summed E-state index contributed by atoms with van der Waals surface area (Å²) in [5, 5.41) is 1.31. The Bertz CT molecular complexity index is 842. The standard InChI is InChI=1S/C18H17NO/c1-10-8-14-16(11(2)18(10)20-3)17-13-7-5-4-6-12(13)9-15(17)19-14/h4-8,19H,9H2,1-3H3. The smallest absolute Gasteiger partial charge is 0.125 e. The fourth-order valence-corrected chi connectivity index (χ4v) is 3.61. The van der Waals surface area contributed by atoms with E-state index in [1.165, 1.54) is 44.4 Å². The molecule has 1 heterocycles. The van der Waals surface area contributed by atoms with Gasteiger partial charge in [-0.2, -0.15) is 0 Å². The molecule has 20 heavy (non-hydrogen) atoms. The van der Waals surface area contributed by atoms with Crippen molar-refractivity contribution in [1.82, 2.24) is 4.98 Å². The van der Waals surface area contributed by atoms with Gasteiger partial charge < -0.3 is 9.72 Å². The summed E-state index contributed by atoms with van der Waals surface area (Å²) in [6, 6.07) is 10.9. The van der Waals surface area contributed by atoms with Crippen molar-refractivity contribution in [3.05, 3.63) is 52.7 Å². The van der Waals surface area contributed by atoms with Crippen LogP contribution in [0.5, 0.6) is 5.75 Å². The molecule has 0 aliphatic heterocycles. The molecule has 1 aromatic heterocycles. The molecule has 3 aromatic rings. The van der Waals surface area contributed by atoms with E-state index >= 15 is 0 Å². The largest absolute Gasteiger partial charge is 0.496 e. The summed E-state index contributed by atoms with van der Waals surface area (Å²) in [4.78, 5) is 3.60. The second-order valence-corrected chi connectivity index (χ2v) is 5.59. The molecule has 4 rings (SSSR count). The molecular weight excluding hydrogens is 246 g/mol. The first-order valence-electron chi connectivity index (χ1n) is 6.97. The number of rotatable bonds is 1.